The zero-order chi connectivity index (χ0) is 20.6. The number of rotatable bonds is 4. The second kappa shape index (κ2) is 7.57. The van der Waals surface area contributed by atoms with Gasteiger partial charge < -0.3 is 15.2 Å². The van der Waals surface area contributed by atoms with Crippen molar-refractivity contribution in [3.05, 3.63) is 78.7 Å². The van der Waals surface area contributed by atoms with Crippen LogP contribution in [0.1, 0.15) is 16.1 Å². The van der Waals surface area contributed by atoms with Gasteiger partial charge >= 0.3 is 5.69 Å². The molecule has 0 aliphatic rings. The van der Waals surface area contributed by atoms with Crippen LogP contribution in [0.4, 0.5) is 11.5 Å². The van der Waals surface area contributed by atoms with Gasteiger partial charge in [-0.2, -0.15) is 0 Å². The van der Waals surface area contributed by atoms with Gasteiger partial charge in [0.2, 0.25) is 0 Å². The lowest BCUT2D eigenvalue weighted by Crippen LogP contribution is -2.39. The summed E-state index contributed by atoms with van der Waals surface area (Å²) in [6, 6.07) is 10.5. The Bertz CT molecular complexity index is 1160. The number of hydrogen-bond donors (Lipinski definition) is 2. The third-order valence-electron chi connectivity index (χ3n) is 4.37. The van der Waals surface area contributed by atoms with Crippen LogP contribution >= 0.6 is 23.2 Å². The lowest BCUT2D eigenvalue weighted by molar-refractivity contribution is 0.0985. The summed E-state index contributed by atoms with van der Waals surface area (Å²) < 4.78 is 2.59. The topological polar surface area (TPSA) is 106 Å². The fourth-order valence-electron chi connectivity index (χ4n) is 2.85. The number of halogens is 2. The van der Waals surface area contributed by atoms with Crippen LogP contribution in [0.2, 0.25) is 10.2 Å². The summed E-state index contributed by atoms with van der Waals surface area (Å²) in [4.78, 5) is 40.8. The van der Waals surface area contributed by atoms with Gasteiger partial charge in [-0.3, -0.25) is 19.1 Å². The average molecular weight is 422 g/mol. The smallest absolute Gasteiger partial charge is 0.330 e. The number of hydrogen-bond acceptors (Lipinski definition) is 4. The minimum atomic E-state index is -0.769. The van der Waals surface area contributed by atoms with E-state index in [2.05, 4.69) is 4.98 Å². The molecule has 0 saturated heterocycles. The van der Waals surface area contributed by atoms with Crippen molar-refractivity contribution in [2.24, 2.45) is 7.05 Å². The molecule has 1 amide bonds. The van der Waals surface area contributed by atoms with E-state index in [1.165, 1.54) is 22.2 Å². The first-order valence-electron chi connectivity index (χ1n) is 8.17. The van der Waals surface area contributed by atoms with Crippen LogP contribution in [0.5, 0.6) is 0 Å². The number of amides is 1. The molecule has 8 nitrogen and oxygen atoms in total. The molecule has 146 valence electrons. The van der Waals surface area contributed by atoms with Gasteiger partial charge in [0.15, 0.2) is 5.69 Å². The maximum atomic E-state index is 12.9. The number of anilines is 2. The van der Waals surface area contributed by atoms with Crippen molar-refractivity contribution in [3.63, 3.8) is 0 Å². The predicted octanol–water partition coefficient (Wildman–Crippen LogP) is 2.09. The van der Waals surface area contributed by atoms with Gasteiger partial charge in [-0.1, -0.05) is 53.5 Å². The summed E-state index contributed by atoms with van der Waals surface area (Å²) in [6.45, 7) is 0.138. The van der Waals surface area contributed by atoms with Gasteiger partial charge in [0.05, 0.1) is 11.6 Å². The first-order chi connectivity index (χ1) is 13.2. The highest BCUT2D eigenvalue weighted by Gasteiger charge is 2.25. The Hall–Kier alpha value is -2.97. The van der Waals surface area contributed by atoms with Crippen LogP contribution in [0.3, 0.4) is 0 Å². The summed E-state index contributed by atoms with van der Waals surface area (Å²) >= 11 is 12.0. The van der Waals surface area contributed by atoms with Gasteiger partial charge in [0, 0.05) is 14.1 Å². The Morgan fingerprint density at radius 2 is 1.86 bits per heavy atom. The molecule has 0 radical (unpaired) electrons. The maximum absolute atomic E-state index is 12.9. The highest BCUT2D eigenvalue weighted by Crippen LogP contribution is 2.27. The standard InChI is InChI=1S/C18H17Cl2N5O3/c1-23-12(8-11(19)14(23)20)17(27)24(2)13-15(21)25(18(28)22-16(13)26)9-10-6-4-3-5-7-10/h3-8H,9,21H2,1-2H3,(H,22,26,28). The molecule has 0 unspecified atom stereocenters. The lowest BCUT2D eigenvalue weighted by atomic mass is 10.2. The number of carbonyl (C=O) groups excluding carboxylic acids is 1. The molecular formula is C18H17Cl2N5O3. The van der Waals surface area contributed by atoms with Crippen molar-refractivity contribution in [2.75, 3.05) is 17.7 Å². The molecule has 10 heteroatoms. The van der Waals surface area contributed by atoms with Crippen LogP contribution in [-0.4, -0.2) is 27.1 Å². The molecule has 0 saturated carbocycles. The van der Waals surface area contributed by atoms with Gasteiger partial charge in [-0.25, -0.2) is 4.79 Å². The van der Waals surface area contributed by atoms with Gasteiger partial charge in [0.25, 0.3) is 11.5 Å². The van der Waals surface area contributed by atoms with Crippen molar-refractivity contribution in [2.45, 2.75) is 6.54 Å². The number of nitrogen functional groups attached to an aromatic ring is 1. The molecule has 0 aliphatic carbocycles. The SMILES string of the molecule is CN(C(=O)c1cc(Cl)c(Cl)n1C)c1c(N)n(Cc2ccccc2)c(=O)[nH]c1=O. The van der Waals surface area contributed by atoms with E-state index in [4.69, 9.17) is 28.9 Å². The fourth-order valence-corrected chi connectivity index (χ4v) is 3.22. The van der Waals surface area contributed by atoms with E-state index in [-0.39, 0.29) is 33.9 Å². The van der Waals surface area contributed by atoms with E-state index < -0.39 is 17.2 Å². The Kier molecular flexibility index (Phi) is 5.35. The Morgan fingerprint density at radius 3 is 2.43 bits per heavy atom. The first-order valence-corrected chi connectivity index (χ1v) is 8.93. The third kappa shape index (κ3) is 3.44. The quantitative estimate of drug-likeness (QED) is 0.672. The summed E-state index contributed by atoms with van der Waals surface area (Å²) in [5.74, 6) is -0.682. The number of carbonyl (C=O) groups is 1. The van der Waals surface area contributed by atoms with Crippen molar-refractivity contribution >= 4 is 40.6 Å². The van der Waals surface area contributed by atoms with Crippen LogP contribution in [0.25, 0.3) is 0 Å². The molecule has 0 fully saturated rings. The number of benzene rings is 1. The second-order valence-electron chi connectivity index (χ2n) is 6.16. The Labute approximate surface area is 169 Å². The highest BCUT2D eigenvalue weighted by molar-refractivity contribution is 6.42. The lowest BCUT2D eigenvalue weighted by Gasteiger charge is -2.20. The van der Waals surface area contributed by atoms with E-state index in [0.717, 1.165) is 10.5 Å². The normalized spacial score (nSPS) is 10.9. The summed E-state index contributed by atoms with van der Waals surface area (Å²) in [7, 11) is 2.95. The van der Waals surface area contributed by atoms with E-state index in [9.17, 15) is 14.4 Å². The molecule has 0 spiro atoms. The van der Waals surface area contributed by atoms with Crippen molar-refractivity contribution in [3.8, 4) is 0 Å². The average Bonchev–Trinajstić information content (AvgIpc) is 2.92. The van der Waals surface area contributed by atoms with Gasteiger partial charge in [-0.05, 0) is 11.6 Å². The molecule has 28 heavy (non-hydrogen) atoms. The number of nitrogens with two attached hydrogens (primary N) is 1. The van der Waals surface area contributed by atoms with Gasteiger partial charge in [0.1, 0.15) is 16.7 Å². The molecule has 1 aromatic carbocycles. The molecule has 2 heterocycles. The van der Waals surface area contributed by atoms with Gasteiger partial charge in [-0.15, -0.1) is 0 Å². The summed E-state index contributed by atoms with van der Waals surface area (Å²) in [6.07, 6.45) is 0. The Morgan fingerprint density at radius 1 is 1.21 bits per heavy atom. The Balaban J connectivity index is 2.07. The van der Waals surface area contributed by atoms with Crippen LogP contribution < -0.4 is 21.9 Å². The van der Waals surface area contributed by atoms with Crippen molar-refractivity contribution < 1.29 is 4.79 Å². The van der Waals surface area contributed by atoms with E-state index in [1.807, 2.05) is 30.3 Å². The number of nitrogens with zero attached hydrogens (tertiary/aromatic N) is 3. The second-order valence-corrected chi connectivity index (χ2v) is 6.92. The molecular weight excluding hydrogens is 405 g/mol. The molecule has 2 aromatic heterocycles. The summed E-state index contributed by atoms with van der Waals surface area (Å²) in [5.41, 5.74) is 5.51. The zero-order valence-corrected chi connectivity index (χ0v) is 16.6. The molecule has 3 rings (SSSR count). The monoisotopic (exact) mass is 421 g/mol. The van der Waals surface area contributed by atoms with Crippen LogP contribution in [0.15, 0.2) is 46.0 Å². The molecule has 3 N–H and O–H groups in total. The maximum Gasteiger partial charge on any atom is 0.330 e. The highest BCUT2D eigenvalue weighted by atomic mass is 35.5. The third-order valence-corrected chi connectivity index (χ3v) is 5.22. The zero-order valence-electron chi connectivity index (χ0n) is 15.1. The number of aromatic nitrogens is 3. The van der Waals surface area contributed by atoms with E-state index in [0.29, 0.717) is 0 Å². The van der Waals surface area contributed by atoms with Crippen molar-refractivity contribution in [1.82, 2.24) is 14.1 Å². The predicted molar refractivity (Wildman–Crippen MR) is 109 cm³/mol. The number of H-pyrrole nitrogens is 1. The summed E-state index contributed by atoms with van der Waals surface area (Å²) in [5, 5.41) is 0.395. The molecule has 0 atom stereocenters. The minimum Gasteiger partial charge on any atom is -0.383 e. The minimum absolute atomic E-state index is 0.125. The molecule has 0 bridgehead atoms. The number of nitrogens with one attached hydrogen (secondary N) is 1. The van der Waals surface area contributed by atoms with Crippen LogP contribution in [0, 0.1) is 0 Å². The molecule has 0 aliphatic heterocycles. The molecule has 3 aromatic rings. The largest absolute Gasteiger partial charge is 0.383 e. The van der Waals surface area contributed by atoms with Crippen molar-refractivity contribution in [1.29, 1.82) is 0 Å². The van der Waals surface area contributed by atoms with E-state index >= 15 is 0 Å². The van der Waals surface area contributed by atoms with Crippen LogP contribution in [-0.2, 0) is 13.6 Å². The first kappa shape index (κ1) is 19.8. The number of aromatic amines is 1. The fraction of sp³-hybridized carbons (Fsp3) is 0.167. The van der Waals surface area contributed by atoms with E-state index in [1.54, 1.807) is 7.05 Å².